The molecule has 12 heteroatoms. The Morgan fingerprint density at radius 2 is 1.71 bits per heavy atom. The molecule has 2 aliphatic rings. The predicted octanol–water partition coefficient (Wildman–Crippen LogP) is 4.65. The molecule has 0 bridgehead atoms. The molecule has 2 fully saturated rings. The number of anilines is 1. The van der Waals surface area contributed by atoms with Crippen molar-refractivity contribution in [2.45, 2.75) is 37.6 Å². The minimum atomic E-state index is -3.12. The first-order valence-corrected chi connectivity index (χ1v) is 13.8. The van der Waals surface area contributed by atoms with E-state index in [9.17, 15) is 4.79 Å². The Bertz CT molecular complexity index is 1520. The molecule has 1 atom stereocenters. The SMILES string of the molecule is Cl.Nc1ncnc2c1n(-c1ccc(Oc3ccccc3)cc1)c(=O)n2[C@H]1CCN(CCC2CCNCC2)CC1(F)F. The van der Waals surface area contributed by atoms with Crippen LogP contribution in [0, 0.1) is 5.92 Å². The van der Waals surface area contributed by atoms with Gasteiger partial charge in [-0.1, -0.05) is 18.2 Å². The third kappa shape index (κ3) is 5.93. The Morgan fingerprint density at radius 1 is 1.00 bits per heavy atom. The first-order valence-electron chi connectivity index (χ1n) is 13.8. The van der Waals surface area contributed by atoms with E-state index in [-0.39, 0.29) is 35.8 Å². The maximum atomic E-state index is 15.7. The molecule has 0 aliphatic carbocycles. The smallest absolute Gasteiger partial charge is 0.335 e. The molecule has 9 nitrogen and oxygen atoms in total. The molecule has 0 unspecified atom stereocenters. The van der Waals surface area contributed by atoms with Gasteiger partial charge >= 0.3 is 5.69 Å². The van der Waals surface area contributed by atoms with Gasteiger partial charge in [0.05, 0.1) is 12.2 Å². The van der Waals surface area contributed by atoms with Crippen LogP contribution < -0.4 is 21.5 Å². The Hall–Kier alpha value is -3.54. The van der Waals surface area contributed by atoms with Crippen molar-refractivity contribution in [3.05, 3.63) is 71.4 Å². The third-order valence-corrected chi connectivity index (χ3v) is 8.02. The zero-order valence-electron chi connectivity index (χ0n) is 22.6. The summed E-state index contributed by atoms with van der Waals surface area (Å²) >= 11 is 0. The van der Waals surface area contributed by atoms with E-state index in [1.807, 2.05) is 35.2 Å². The highest BCUT2D eigenvalue weighted by Crippen LogP contribution is 2.38. The van der Waals surface area contributed by atoms with Gasteiger partial charge in [-0.05, 0) is 87.6 Å². The number of imidazole rings is 1. The van der Waals surface area contributed by atoms with Gasteiger partial charge in [0.2, 0.25) is 0 Å². The average molecular weight is 586 g/mol. The van der Waals surface area contributed by atoms with Gasteiger partial charge < -0.3 is 15.8 Å². The van der Waals surface area contributed by atoms with Gasteiger partial charge in [0.1, 0.15) is 29.4 Å². The Balaban J connectivity index is 0.00000337. The highest BCUT2D eigenvalue weighted by atomic mass is 35.5. The number of nitrogen functional groups attached to an aromatic ring is 1. The lowest BCUT2D eigenvalue weighted by Gasteiger charge is -2.39. The van der Waals surface area contributed by atoms with E-state index in [4.69, 9.17) is 10.5 Å². The first-order chi connectivity index (χ1) is 19.4. The van der Waals surface area contributed by atoms with E-state index in [1.54, 1.807) is 24.3 Å². The van der Waals surface area contributed by atoms with Crippen LogP contribution in [-0.4, -0.2) is 62.6 Å². The number of nitrogens with zero attached hydrogens (tertiary/aromatic N) is 5. The normalized spacial score (nSPS) is 19.6. The number of fused-ring (bicyclic) bond motifs is 1. The van der Waals surface area contributed by atoms with Gasteiger partial charge in [-0.3, -0.25) is 14.0 Å². The molecule has 0 radical (unpaired) electrons. The summed E-state index contributed by atoms with van der Waals surface area (Å²) in [6.45, 7) is 2.70. The van der Waals surface area contributed by atoms with Crippen LogP contribution in [0.4, 0.5) is 14.6 Å². The average Bonchev–Trinajstić information content (AvgIpc) is 3.26. The minimum Gasteiger partial charge on any atom is -0.457 e. The summed E-state index contributed by atoms with van der Waals surface area (Å²) in [5.41, 5.74) is 6.35. The number of aromatic nitrogens is 4. The number of nitrogens with one attached hydrogen (secondary N) is 1. The number of rotatable bonds is 7. The maximum Gasteiger partial charge on any atom is 0.335 e. The molecule has 2 aliphatic heterocycles. The number of alkyl halides is 2. The zero-order valence-corrected chi connectivity index (χ0v) is 23.4. The molecule has 218 valence electrons. The predicted molar refractivity (Wildman–Crippen MR) is 157 cm³/mol. The Labute approximate surface area is 242 Å². The fraction of sp³-hybridized carbons (Fsp3) is 0.414. The van der Waals surface area contributed by atoms with Gasteiger partial charge in [-0.15, -0.1) is 12.4 Å². The third-order valence-electron chi connectivity index (χ3n) is 8.02. The second-order valence-corrected chi connectivity index (χ2v) is 10.7. The van der Waals surface area contributed by atoms with E-state index in [2.05, 4.69) is 15.3 Å². The van der Waals surface area contributed by atoms with Crippen molar-refractivity contribution in [2.24, 2.45) is 5.92 Å². The van der Waals surface area contributed by atoms with Gasteiger partial charge in [0.15, 0.2) is 11.5 Å². The van der Waals surface area contributed by atoms with Crippen LogP contribution in [0.15, 0.2) is 65.7 Å². The lowest BCUT2D eigenvalue weighted by molar-refractivity contribution is -0.104. The summed E-state index contributed by atoms with van der Waals surface area (Å²) in [6, 6.07) is 14.8. The monoisotopic (exact) mass is 585 g/mol. The fourth-order valence-electron chi connectivity index (χ4n) is 5.92. The second-order valence-electron chi connectivity index (χ2n) is 10.7. The molecule has 41 heavy (non-hydrogen) atoms. The number of hydrogen-bond donors (Lipinski definition) is 2. The molecule has 2 aromatic heterocycles. The molecule has 4 heterocycles. The summed E-state index contributed by atoms with van der Waals surface area (Å²) in [4.78, 5) is 24.0. The van der Waals surface area contributed by atoms with Crippen molar-refractivity contribution in [3.8, 4) is 17.2 Å². The number of hydrogen-bond acceptors (Lipinski definition) is 7. The largest absolute Gasteiger partial charge is 0.457 e. The van der Waals surface area contributed by atoms with Crippen LogP contribution in [0.25, 0.3) is 16.9 Å². The highest BCUT2D eigenvalue weighted by molar-refractivity contribution is 5.85. The topological polar surface area (TPSA) is 103 Å². The summed E-state index contributed by atoms with van der Waals surface area (Å²) in [7, 11) is 0. The van der Waals surface area contributed by atoms with E-state index < -0.39 is 24.2 Å². The minimum absolute atomic E-state index is 0. The van der Waals surface area contributed by atoms with Crippen molar-refractivity contribution >= 4 is 29.4 Å². The van der Waals surface area contributed by atoms with E-state index in [0.29, 0.717) is 36.2 Å². The number of nitrogens with two attached hydrogens (primary N) is 1. The van der Waals surface area contributed by atoms with Gasteiger partial charge in [0, 0.05) is 6.54 Å². The van der Waals surface area contributed by atoms with Crippen LogP contribution >= 0.6 is 12.4 Å². The maximum absolute atomic E-state index is 15.7. The lowest BCUT2D eigenvalue weighted by atomic mass is 9.93. The summed E-state index contributed by atoms with van der Waals surface area (Å²) in [6.07, 6.45) is 4.42. The second kappa shape index (κ2) is 12.1. The van der Waals surface area contributed by atoms with E-state index >= 15 is 8.78 Å². The molecule has 4 aromatic rings. The number of ether oxygens (including phenoxy) is 1. The molecule has 0 saturated carbocycles. The molecule has 0 amide bonds. The van der Waals surface area contributed by atoms with Gasteiger partial charge in [-0.2, -0.15) is 0 Å². The van der Waals surface area contributed by atoms with Crippen molar-refractivity contribution in [3.63, 3.8) is 0 Å². The Kier molecular flexibility index (Phi) is 8.58. The van der Waals surface area contributed by atoms with Crippen LogP contribution in [0.3, 0.4) is 0 Å². The van der Waals surface area contributed by atoms with Crippen molar-refractivity contribution in [1.82, 2.24) is 29.3 Å². The number of piperidine rings is 2. The fourth-order valence-corrected chi connectivity index (χ4v) is 5.92. The van der Waals surface area contributed by atoms with E-state index in [0.717, 1.165) is 36.9 Å². The van der Waals surface area contributed by atoms with Crippen molar-refractivity contribution < 1.29 is 13.5 Å². The molecule has 6 rings (SSSR count). The summed E-state index contributed by atoms with van der Waals surface area (Å²) in [5.74, 6) is -1.27. The number of halogens is 3. The van der Waals surface area contributed by atoms with E-state index in [1.165, 1.54) is 10.9 Å². The first kappa shape index (κ1) is 29.0. The van der Waals surface area contributed by atoms with Gasteiger partial charge in [0.25, 0.3) is 5.92 Å². The Morgan fingerprint density at radius 3 is 2.41 bits per heavy atom. The van der Waals surface area contributed by atoms with Crippen molar-refractivity contribution in [1.29, 1.82) is 0 Å². The molecule has 0 spiro atoms. The number of benzene rings is 2. The van der Waals surface area contributed by atoms with Gasteiger partial charge in [-0.25, -0.2) is 23.5 Å². The molecule has 2 saturated heterocycles. The zero-order chi connectivity index (χ0) is 27.7. The van der Waals surface area contributed by atoms with Crippen LogP contribution in [0.1, 0.15) is 31.7 Å². The van der Waals surface area contributed by atoms with Crippen LogP contribution in [0.5, 0.6) is 11.5 Å². The molecular formula is C29H34ClF2N7O2. The van der Waals surface area contributed by atoms with Crippen molar-refractivity contribution in [2.75, 3.05) is 38.5 Å². The lowest BCUT2D eigenvalue weighted by Crippen LogP contribution is -2.51. The molecular weight excluding hydrogens is 552 g/mol. The summed E-state index contributed by atoms with van der Waals surface area (Å²) in [5, 5.41) is 3.35. The summed E-state index contributed by atoms with van der Waals surface area (Å²) < 4.78 is 39.8. The van der Waals surface area contributed by atoms with Crippen LogP contribution in [0.2, 0.25) is 0 Å². The molecule has 2 aromatic carbocycles. The quantitative estimate of drug-likeness (QED) is 0.325. The standard InChI is InChI=1S/C29H33F2N7O2.ClH/c30-29(31)18-36(16-12-20-10-14-33-15-11-20)17-13-24(29)38-27-25(26(32)34-19-35-27)37(28(38)39)21-6-8-23(9-7-21)40-22-4-2-1-3-5-22;/h1-9,19-20,24,33H,10-18H2,(H2,32,34,35);1H/t24-;/m0./s1. The number of para-hydroxylation sites is 1. The molecule has 3 N–H and O–H groups in total. The number of likely N-dealkylation sites (tertiary alicyclic amines) is 1. The van der Waals surface area contributed by atoms with Crippen LogP contribution in [-0.2, 0) is 0 Å². The highest BCUT2D eigenvalue weighted by Gasteiger charge is 2.47.